The van der Waals surface area contributed by atoms with Crippen LogP contribution < -0.4 is 5.32 Å². The van der Waals surface area contributed by atoms with Gasteiger partial charge in [-0.3, -0.25) is 0 Å². The molecule has 0 saturated heterocycles. The first-order chi connectivity index (χ1) is 12.3. The largest absolute Gasteiger partial charge is 0.462 e. The lowest BCUT2D eigenvalue weighted by Crippen LogP contribution is -2.11. The molecular weight excluding hydrogens is 310 g/mol. The van der Waals surface area contributed by atoms with E-state index < -0.39 is 0 Å². The Morgan fingerprint density at radius 3 is 2.48 bits per heavy atom. The Morgan fingerprint density at radius 1 is 0.920 bits per heavy atom. The van der Waals surface area contributed by atoms with Crippen molar-refractivity contribution in [3.05, 3.63) is 65.7 Å². The fourth-order valence-corrected chi connectivity index (χ4v) is 2.75. The molecule has 3 heteroatoms. The van der Waals surface area contributed by atoms with Crippen molar-refractivity contribution in [2.75, 3.05) is 18.5 Å². The van der Waals surface area contributed by atoms with Crippen LogP contribution in [0.15, 0.2) is 54.6 Å². The molecule has 0 spiro atoms. The first kappa shape index (κ1) is 19.0. The van der Waals surface area contributed by atoms with Gasteiger partial charge in [0.1, 0.15) is 0 Å². The number of esters is 1. The van der Waals surface area contributed by atoms with E-state index in [9.17, 15) is 4.79 Å². The molecule has 0 aliphatic heterocycles. The number of unbranched alkanes of at least 4 members (excludes halogenated alkanes) is 3. The van der Waals surface area contributed by atoms with Crippen LogP contribution in [0.25, 0.3) is 0 Å². The molecule has 3 nitrogen and oxygen atoms in total. The Hall–Kier alpha value is -2.29. The van der Waals surface area contributed by atoms with Gasteiger partial charge in [0, 0.05) is 12.2 Å². The number of rotatable bonds is 11. The lowest BCUT2D eigenvalue weighted by molar-refractivity contribution is 0.0502. The fourth-order valence-electron chi connectivity index (χ4n) is 2.75. The number of carbonyl (C=O) groups excluding carboxylic acids is 1. The number of nitrogens with one attached hydrogen (secondary N) is 1. The third kappa shape index (κ3) is 7.00. The normalized spacial score (nSPS) is 10.4. The van der Waals surface area contributed by atoms with Crippen LogP contribution in [0.1, 0.15) is 54.9 Å². The molecular formula is C22H29NO2. The third-order valence-electron chi connectivity index (χ3n) is 4.18. The third-order valence-corrected chi connectivity index (χ3v) is 4.18. The number of hydrogen-bond acceptors (Lipinski definition) is 3. The van der Waals surface area contributed by atoms with Crippen molar-refractivity contribution >= 4 is 11.7 Å². The monoisotopic (exact) mass is 339 g/mol. The first-order valence-corrected chi connectivity index (χ1v) is 9.35. The molecule has 0 unspecified atom stereocenters. The lowest BCUT2D eigenvalue weighted by atomic mass is 10.1. The molecule has 1 N–H and O–H groups in total. The zero-order valence-electron chi connectivity index (χ0n) is 15.2. The van der Waals surface area contributed by atoms with E-state index in [2.05, 4.69) is 24.4 Å². The maximum absolute atomic E-state index is 12.3. The van der Waals surface area contributed by atoms with Gasteiger partial charge < -0.3 is 10.1 Å². The van der Waals surface area contributed by atoms with Crippen molar-refractivity contribution in [1.82, 2.24) is 0 Å². The molecule has 2 aromatic rings. The van der Waals surface area contributed by atoms with E-state index in [0.717, 1.165) is 31.5 Å². The standard InChI is InChI=1S/C22H29NO2/c1-2-3-4-10-17-23-21-16-9-8-15-20(21)22(24)25-18-11-14-19-12-6-5-7-13-19/h5-9,12-13,15-16,23H,2-4,10-11,14,17-18H2,1H3. The molecule has 0 amide bonds. The highest BCUT2D eigenvalue weighted by Crippen LogP contribution is 2.17. The van der Waals surface area contributed by atoms with Gasteiger partial charge in [-0.15, -0.1) is 0 Å². The number of hydrogen-bond donors (Lipinski definition) is 1. The molecule has 0 atom stereocenters. The summed E-state index contributed by atoms with van der Waals surface area (Å²) in [7, 11) is 0. The lowest BCUT2D eigenvalue weighted by Gasteiger charge is -2.12. The van der Waals surface area contributed by atoms with Gasteiger partial charge in [-0.2, -0.15) is 0 Å². The highest BCUT2D eigenvalue weighted by atomic mass is 16.5. The summed E-state index contributed by atoms with van der Waals surface area (Å²) in [5, 5.41) is 3.37. The Labute approximate surface area is 151 Å². The van der Waals surface area contributed by atoms with Crippen LogP contribution in [0, 0.1) is 0 Å². The van der Waals surface area contributed by atoms with Crippen molar-refractivity contribution in [3.8, 4) is 0 Å². The van der Waals surface area contributed by atoms with E-state index in [1.54, 1.807) is 0 Å². The van der Waals surface area contributed by atoms with Gasteiger partial charge in [0.15, 0.2) is 0 Å². The summed E-state index contributed by atoms with van der Waals surface area (Å²) >= 11 is 0. The topological polar surface area (TPSA) is 38.3 Å². The van der Waals surface area contributed by atoms with E-state index in [4.69, 9.17) is 4.74 Å². The fraction of sp³-hybridized carbons (Fsp3) is 0.409. The second-order valence-electron chi connectivity index (χ2n) is 6.26. The van der Waals surface area contributed by atoms with Crippen molar-refractivity contribution in [2.24, 2.45) is 0 Å². The van der Waals surface area contributed by atoms with E-state index in [1.165, 1.54) is 24.8 Å². The molecule has 0 radical (unpaired) electrons. The summed E-state index contributed by atoms with van der Waals surface area (Å²) in [6, 6.07) is 17.9. The second-order valence-corrected chi connectivity index (χ2v) is 6.26. The van der Waals surface area contributed by atoms with Crippen molar-refractivity contribution < 1.29 is 9.53 Å². The maximum Gasteiger partial charge on any atom is 0.340 e. The van der Waals surface area contributed by atoms with E-state index in [1.807, 2.05) is 42.5 Å². The predicted octanol–water partition coefficient (Wildman–Crippen LogP) is 5.47. The first-order valence-electron chi connectivity index (χ1n) is 9.35. The molecule has 0 fully saturated rings. The van der Waals surface area contributed by atoms with E-state index in [-0.39, 0.29) is 5.97 Å². The number of para-hydroxylation sites is 1. The quantitative estimate of drug-likeness (QED) is 0.436. The van der Waals surface area contributed by atoms with E-state index in [0.29, 0.717) is 12.2 Å². The zero-order valence-corrected chi connectivity index (χ0v) is 15.2. The van der Waals surface area contributed by atoms with Crippen molar-refractivity contribution in [2.45, 2.75) is 45.4 Å². The van der Waals surface area contributed by atoms with Crippen LogP contribution in [-0.2, 0) is 11.2 Å². The van der Waals surface area contributed by atoms with Gasteiger partial charge in [-0.1, -0.05) is 68.7 Å². The number of ether oxygens (including phenoxy) is 1. The Kier molecular flexibility index (Phi) is 8.60. The van der Waals surface area contributed by atoms with Gasteiger partial charge >= 0.3 is 5.97 Å². The molecule has 2 aromatic carbocycles. The molecule has 0 saturated carbocycles. The number of anilines is 1. The minimum absolute atomic E-state index is 0.246. The van der Waals surface area contributed by atoms with Gasteiger partial charge in [-0.05, 0) is 37.0 Å². The van der Waals surface area contributed by atoms with Crippen LogP contribution in [0.3, 0.4) is 0 Å². The van der Waals surface area contributed by atoms with Crippen LogP contribution in [-0.4, -0.2) is 19.1 Å². The van der Waals surface area contributed by atoms with Crippen LogP contribution in [0.5, 0.6) is 0 Å². The summed E-state index contributed by atoms with van der Waals surface area (Å²) in [4.78, 5) is 12.3. The van der Waals surface area contributed by atoms with Crippen LogP contribution in [0.2, 0.25) is 0 Å². The summed E-state index contributed by atoms with van der Waals surface area (Å²) in [5.41, 5.74) is 2.76. The predicted molar refractivity (Wildman–Crippen MR) is 104 cm³/mol. The highest BCUT2D eigenvalue weighted by molar-refractivity contribution is 5.95. The van der Waals surface area contributed by atoms with Gasteiger partial charge in [0.25, 0.3) is 0 Å². The molecule has 0 aromatic heterocycles. The summed E-state index contributed by atoms with van der Waals surface area (Å²) in [6.07, 6.45) is 6.58. The average Bonchev–Trinajstić information content (AvgIpc) is 2.66. The molecule has 25 heavy (non-hydrogen) atoms. The van der Waals surface area contributed by atoms with Gasteiger partial charge in [0.2, 0.25) is 0 Å². The minimum atomic E-state index is -0.246. The van der Waals surface area contributed by atoms with Crippen molar-refractivity contribution in [1.29, 1.82) is 0 Å². The molecule has 0 heterocycles. The molecule has 0 aliphatic rings. The molecule has 2 rings (SSSR count). The number of benzene rings is 2. The van der Waals surface area contributed by atoms with Crippen LogP contribution in [0.4, 0.5) is 5.69 Å². The number of carbonyl (C=O) groups is 1. The van der Waals surface area contributed by atoms with Gasteiger partial charge in [-0.25, -0.2) is 4.79 Å². The Balaban J connectivity index is 1.76. The number of aryl methyl sites for hydroxylation is 1. The summed E-state index contributed by atoms with van der Waals surface area (Å²) in [6.45, 7) is 3.54. The Bertz CT molecular complexity index is 625. The maximum atomic E-state index is 12.3. The molecule has 0 bridgehead atoms. The van der Waals surface area contributed by atoms with E-state index >= 15 is 0 Å². The molecule has 134 valence electrons. The van der Waals surface area contributed by atoms with Crippen LogP contribution >= 0.6 is 0 Å². The van der Waals surface area contributed by atoms with Gasteiger partial charge in [0.05, 0.1) is 12.2 Å². The molecule has 0 aliphatic carbocycles. The average molecular weight is 339 g/mol. The summed E-state index contributed by atoms with van der Waals surface area (Å²) < 4.78 is 5.46. The summed E-state index contributed by atoms with van der Waals surface area (Å²) in [5.74, 6) is -0.246. The zero-order chi connectivity index (χ0) is 17.7. The highest BCUT2D eigenvalue weighted by Gasteiger charge is 2.11. The smallest absolute Gasteiger partial charge is 0.340 e. The Morgan fingerprint density at radius 2 is 1.68 bits per heavy atom. The minimum Gasteiger partial charge on any atom is -0.462 e. The SMILES string of the molecule is CCCCCCNc1ccccc1C(=O)OCCCc1ccccc1. The van der Waals surface area contributed by atoms with Crippen molar-refractivity contribution in [3.63, 3.8) is 0 Å². The second kappa shape index (κ2) is 11.3.